The van der Waals surface area contributed by atoms with Gasteiger partial charge >= 0.3 is 0 Å². The molecule has 1 aliphatic heterocycles. The Hall–Kier alpha value is -2.12. The van der Waals surface area contributed by atoms with Crippen LogP contribution in [0.1, 0.15) is 48.0 Å². The number of nitrogens with zero attached hydrogens (tertiary/aromatic N) is 2. The molecule has 1 unspecified atom stereocenters. The van der Waals surface area contributed by atoms with Gasteiger partial charge in [-0.25, -0.2) is 4.98 Å². The Morgan fingerprint density at radius 1 is 1.28 bits per heavy atom. The second kappa shape index (κ2) is 10.1. The number of thiazole rings is 1. The van der Waals surface area contributed by atoms with Crippen LogP contribution in [0.4, 0.5) is 0 Å². The van der Waals surface area contributed by atoms with Crippen LogP contribution in [0.2, 0.25) is 0 Å². The molecule has 2 heterocycles. The average Bonchev–Trinajstić information content (AvgIpc) is 3.12. The molecule has 0 spiro atoms. The Labute approximate surface area is 177 Å². The van der Waals surface area contributed by atoms with Crippen LogP contribution in [0.3, 0.4) is 0 Å². The van der Waals surface area contributed by atoms with E-state index in [1.54, 1.807) is 14.2 Å². The van der Waals surface area contributed by atoms with Crippen LogP contribution in [0.25, 0.3) is 10.6 Å². The van der Waals surface area contributed by atoms with Gasteiger partial charge in [0.05, 0.1) is 25.5 Å². The van der Waals surface area contributed by atoms with Crippen molar-refractivity contribution >= 4 is 17.2 Å². The molecule has 1 saturated heterocycles. The molecule has 0 saturated carbocycles. The lowest BCUT2D eigenvalue weighted by molar-refractivity contribution is 0.0952. The Morgan fingerprint density at radius 3 is 2.66 bits per heavy atom. The number of likely N-dealkylation sites (tertiary alicyclic amines) is 1. The highest BCUT2D eigenvalue weighted by molar-refractivity contribution is 7.17. The Bertz CT molecular complexity index is 814. The molecular formula is C22H31N3O3S. The number of methoxy groups -OCH3 is 2. The molecule has 1 aromatic heterocycles. The van der Waals surface area contributed by atoms with Gasteiger partial charge in [0.15, 0.2) is 0 Å². The Kier molecular flexibility index (Phi) is 7.50. The third-order valence-electron chi connectivity index (χ3n) is 5.49. The fourth-order valence-electron chi connectivity index (χ4n) is 3.83. The van der Waals surface area contributed by atoms with Crippen molar-refractivity contribution in [1.82, 2.24) is 15.2 Å². The number of carbonyl (C=O) groups excluding carboxylic acids is 1. The third kappa shape index (κ3) is 5.08. The number of ether oxygens (including phenoxy) is 2. The van der Waals surface area contributed by atoms with Crippen LogP contribution >= 0.6 is 11.3 Å². The summed E-state index contributed by atoms with van der Waals surface area (Å²) in [6.07, 6.45) is 4.85. The number of aromatic nitrogens is 1. The predicted molar refractivity (Wildman–Crippen MR) is 117 cm³/mol. The van der Waals surface area contributed by atoms with E-state index < -0.39 is 0 Å². The average molecular weight is 418 g/mol. The maximum Gasteiger partial charge on any atom is 0.263 e. The molecule has 1 aromatic carbocycles. The van der Waals surface area contributed by atoms with Gasteiger partial charge in [-0.3, -0.25) is 4.79 Å². The maximum absolute atomic E-state index is 12.7. The number of piperidine rings is 1. The van der Waals surface area contributed by atoms with Gasteiger partial charge in [-0.05, 0) is 51.8 Å². The van der Waals surface area contributed by atoms with Crippen LogP contribution in [-0.4, -0.2) is 55.7 Å². The van der Waals surface area contributed by atoms with Gasteiger partial charge in [0, 0.05) is 19.1 Å². The van der Waals surface area contributed by atoms with E-state index in [1.807, 2.05) is 25.1 Å². The van der Waals surface area contributed by atoms with Crippen LogP contribution in [0.15, 0.2) is 18.2 Å². The number of amides is 1. The zero-order valence-corrected chi connectivity index (χ0v) is 18.6. The first-order valence-electron chi connectivity index (χ1n) is 10.3. The van der Waals surface area contributed by atoms with E-state index >= 15 is 0 Å². The van der Waals surface area contributed by atoms with Crippen molar-refractivity contribution in [1.29, 1.82) is 0 Å². The quantitative estimate of drug-likeness (QED) is 0.655. The van der Waals surface area contributed by atoms with E-state index in [2.05, 4.69) is 22.1 Å². The summed E-state index contributed by atoms with van der Waals surface area (Å²) >= 11 is 1.37. The highest BCUT2D eigenvalue weighted by Crippen LogP contribution is 2.40. The molecule has 1 fully saturated rings. The number of aryl methyl sites for hydroxylation is 1. The first-order chi connectivity index (χ1) is 14.0. The molecule has 0 bridgehead atoms. The molecule has 0 radical (unpaired) electrons. The highest BCUT2D eigenvalue weighted by atomic mass is 32.1. The van der Waals surface area contributed by atoms with E-state index in [4.69, 9.17) is 9.47 Å². The minimum atomic E-state index is -0.0631. The number of nitrogens with one attached hydrogen (secondary N) is 1. The minimum Gasteiger partial charge on any atom is -0.496 e. The summed E-state index contributed by atoms with van der Waals surface area (Å²) in [6, 6.07) is 6.27. The standard InChI is InChI=1S/C22H31N3O3S/c1-15-9-5-6-13-25(15)14-8-12-23-21(26)20-16(2)24-22(29-20)19-17(27-3)10-7-11-18(19)28-4/h7,10-11,15H,5-6,8-9,12-14H2,1-4H3,(H,23,26). The van der Waals surface area contributed by atoms with Crippen LogP contribution in [-0.2, 0) is 0 Å². The van der Waals surface area contributed by atoms with Crippen molar-refractivity contribution in [2.75, 3.05) is 33.9 Å². The van der Waals surface area contributed by atoms with Crippen LogP contribution in [0.5, 0.6) is 11.5 Å². The molecule has 1 amide bonds. The molecule has 2 aromatic rings. The van der Waals surface area contributed by atoms with Gasteiger partial charge in [-0.2, -0.15) is 0 Å². The molecule has 7 heteroatoms. The van der Waals surface area contributed by atoms with E-state index in [0.717, 1.165) is 29.2 Å². The van der Waals surface area contributed by atoms with Crippen molar-refractivity contribution in [3.63, 3.8) is 0 Å². The lowest BCUT2D eigenvalue weighted by Gasteiger charge is -2.33. The number of hydrogen-bond donors (Lipinski definition) is 1. The highest BCUT2D eigenvalue weighted by Gasteiger charge is 2.21. The van der Waals surface area contributed by atoms with Crippen molar-refractivity contribution in [2.45, 2.75) is 45.6 Å². The van der Waals surface area contributed by atoms with E-state index in [0.29, 0.717) is 29.0 Å². The molecule has 1 aliphatic rings. The summed E-state index contributed by atoms with van der Waals surface area (Å²) in [7, 11) is 3.24. The normalized spacial score (nSPS) is 17.2. The van der Waals surface area contributed by atoms with Crippen LogP contribution in [0, 0.1) is 6.92 Å². The fraction of sp³-hybridized carbons (Fsp3) is 0.545. The zero-order valence-electron chi connectivity index (χ0n) is 17.8. The fourth-order valence-corrected chi connectivity index (χ4v) is 4.87. The van der Waals surface area contributed by atoms with Crippen molar-refractivity contribution < 1.29 is 14.3 Å². The van der Waals surface area contributed by atoms with Crippen molar-refractivity contribution in [2.24, 2.45) is 0 Å². The molecule has 3 rings (SSSR count). The van der Waals surface area contributed by atoms with Gasteiger partial charge in [-0.15, -0.1) is 11.3 Å². The molecule has 1 atom stereocenters. The topological polar surface area (TPSA) is 63.7 Å². The summed E-state index contributed by atoms with van der Waals surface area (Å²) in [5, 5.41) is 3.78. The smallest absolute Gasteiger partial charge is 0.263 e. The summed E-state index contributed by atoms with van der Waals surface area (Å²) in [5.41, 5.74) is 1.50. The maximum atomic E-state index is 12.7. The zero-order chi connectivity index (χ0) is 20.8. The molecule has 1 N–H and O–H groups in total. The number of rotatable bonds is 8. The van der Waals surface area contributed by atoms with Gasteiger partial charge in [-0.1, -0.05) is 12.5 Å². The largest absolute Gasteiger partial charge is 0.496 e. The van der Waals surface area contributed by atoms with Gasteiger partial charge in [0.25, 0.3) is 5.91 Å². The van der Waals surface area contributed by atoms with Crippen molar-refractivity contribution in [3.8, 4) is 22.1 Å². The monoisotopic (exact) mass is 417 g/mol. The summed E-state index contributed by atoms with van der Waals surface area (Å²) in [6.45, 7) is 7.05. The van der Waals surface area contributed by atoms with Crippen molar-refractivity contribution in [3.05, 3.63) is 28.8 Å². The Balaban J connectivity index is 1.64. The number of benzene rings is 1. The molecular weight excluding hydrogens is 386 g/mol. The first kappa shape index (κ1) is 21.6. The van der Waals surface area contributed by atoms with Gasteiger partial charge in [0.1, 0.15) is 21.4 Å². The minimum absolute atomic E-state index is 0.0631. The summed E-state index contributed by atoms with van der Waals surface area (Å²) in [4.78, 5) is 20.5. The molecule has 158 valence electrons. The van der Waals surface area contributed by atoms with Gasteiger partial charge < -0.3 is 19.7 Å². The molecule has 0 aliphatic carbocycles. The SMILES string of the molecule is COc1cccc(OC)c1-c1nc(C)c(C(=O)NCCCN2CCCCC2C)s1. The van der Waals surface area contributed by atoms with E-state index in [-0.39, 0.29) is 5.91 Å². The van der Waals surface area contributed by atoms with Crippen LogP contribution < -0.4 is 14.8 Å². The first-order valence-corrected chi connectivity index (χ1v) is 11.1. The second-order valence-corrected chi connectivity index (χ2v) is 8.46. The predicted octanol–water partition coefficient (Wildman–Crippen LogP) is 4.13. The number of carbonyl (C=O) groups is 1. The van der Waals surface area contributed by atoms with E-state index in [1.165, 1.54) is 37.1 Å². The number of hydrogen-bond acceptors (Lipinski definition) is 6. The lowest BCUT2D eigenvalue weighted by Crippen LogP contribution is -2.39. The molecule has 6 nitrogen and oxygen atoms in total. The summed E-state index contributed by atoms with van der Waals surface area (Å²) in [5.74, 6) is 1.30. The summed E-state index contributed by atoms with van der Waals surface area (Å²) < 4.78 is 11.0. The molecule has 29 heavy (non-hydrogen) atoms. The Morgan fingerprint density at radius 2 is 2.00 bits per heavy atom. The van der Waals surface area contributed by atoms with Gasteiger partial charge in [0.2, 0.25) is 0 Å². The third-order valence-corrected chi connectivity index (χ3v) is 6.67. The lowest BCUT2D eigenvalue weighted by atomic mass is 10.0. The van der Waals surface area contributed by atoms with E-state index in [9.17, 15) is 4.79 Å². The second-order valence-electron chi connectivity index (χ2n) is 7.46.